The molecule has 15 nitrogen and oxygen atoms in total. The van der Waals surface area contributed by atoms with Gasteiger partial charge in [-0.15, -0.1) is 0 Å². The van der Waals surface area contributed by atoms with E-state index in [4.69, 9.17) is 48.2 Å². The molecule has 0 aromatic heterocycles. The summed E-state index contributed by atoms with van der Waals surface area (Å²) in [5.41, 5.74) is 7.05. The average molecular weight is 623 g/mol. The molecular weight excluding hydrogens is 568 g/mol. The smallest absolute Gasteiger partial charge is 0.410 e. The molecule has 0 saturated heterocycles. The summed E-state index contributed by atoms with van der Waals surface area (Å²) in [6.45, 7) is 17.2. The van der Waals surface area contributed by atoms with Gasteiger partial charge in [0, 0.05) is 24.5 Å². The third kappa shape index (κ3) is 31.0. The van der Waals surface area contributed by atoms with Gasteiger partial charge in [0.15, 0.2) is 0 Å². The molecule has 252 valence electrons. The van der Waals surface area contributed by atoms with Crippen LogP contribution in [0, 0.1) is 0 Å². The number of carbonyl (C=O) groups is 2. The molecule has 0 aliphatic carbocycles. The lowest BCUT2D eigenvalue weighted by Crippen LogP contribution is -2.40. The topological polar surface area (TPSA) is 169 Å². The van der Waals surface area contributed by atoms with E-state index >= 15 is 0 Å². The summed E-state index contributed by atoms with van der Waals surface area (Å²) in [6.07, 6.45) is -0.237. The second kappa shape index (κ2) is 26.2. The van der Waals surface area contributed by atoms with Crippen LogP contribution in [0.1, 0.15) is 48.0 Å². The zero-order chi connectivity index (χ0) is 32.2. The number of carbonyl (C=O) groups excluding carboxylic acids is 2. The Labute approximate surface area is 256 Å². The van der Waals surface area contributed by atoms with Gasteiger partial charge in [0.05, 0.1) is 98.9 Å². The Morgan fingerprint density at radius 3 is 1.35 bits per heavy atom. The lowest BCUT2D eigenvalue weighted by molar-refractivity contribution is -0.156. The molecule has 0 aromatic carbocycles. The Hall–Kier alpha value is -2.23. The van der Waals surface area contributed by atoms with Gasteiger partial charge >= 0.3 is 12.1 Å². The highest BCUT2D eigenvalue weighted by Crippen LogP contribution is 2.10. The molecule has 43 heavy (non-hydrogen) atoms. The first kappa shape index (κ1) is 40.8. The van der Waals surface area contributed by atoms with Crippen LogP contribution >= 0.6 is 0 Å². The second-order valence-corrected chi connectivity index (χ2v) is 11.0. The number of hydrogen-bond acceptors (Lipinski definition) is 12. The summed E-state index contributed by atoms with van der Waals surface area (Å²) in [5, 5.41) is 3.37. The molecule has 0 fully saturated rings. The number of rotatable bonds is 27. The largest absolute Gasteiger partial charge is 0.460 e. The Kier molecular flexibility index (Phi) is 24.8. The maximum absolute atomic E-state index is 12.6. The highest BCUT2D eigenvalue weighted by atomic mass is 16.6. The van der Waals surface area contributed by atoms with Crippen molar-refractivity contribution < 1.29 is 52.2 Å². The second-order valence-electron chi connectivity index (χ2n) is 11.0. The summed E-state index contributed by atoms with van der Waals surface area (Å²) in [6, 6.07) is 0. The van der Waals surface area contributed by atoms with Crippen LogP contribution in [0.4, 0.5) is 4.79 Å². The summed E-state index contributed by atoms with van der Waals surface area (Å²) in [4.78, 5) is 28.4. The predicted octanol–water partition coefficient (Wildman–Crippen LogP) is 3.38. The highest BCUT2D eigenvalue weighted by molar-refractivity contribution is 5.69. The number of esters is 1. The lowest BCUT2D eigenvalue weighted by atomic mass is 10.2. The maximum atomic E-state index is 12.6. The molecule has 15 heteroatoms. The van der Waals surface area contributed by atoms with Gasteiger partial charge in [-0.1, -0.05) is 5.11 Å². The fourth-order valence-corrected chi connectivity index (χ4v) is 2.97. The minimum atomic E-state index is -0.617. The van der Waals surface area contributed by atoms with E-state index in [2.05, 4.69) is 10.0 Å². The van der Waals surface area contributed by atoms with E-state index in [1.54, 1.807) is 4.90 Å². The molecule has 0 aliphatic heterocycles. The molecule has 0 aliphatic rings. The number of nitrogens with zero attached hydrogens (tertiary/aromatic N) is 4. The van der Waals surface area contributed by atoms with Crippen LogP contribution < -0.4 is 0 Å². The van der Waals surface area contributed by atoms with Crippen LogP contribution in [0.25, 0.3) is 10.4 Å². The van der Waals surface area contributed by atoms with Crippen molar-refractivity contribution in [2.24, 2.45) is 5.11 Å². The van der Waals surface area contributed by atoms with Gasteiger partial charge in [-0.05, 0) is 47.1 Å². The molecule has 0 atom stereocenters. The van der Waals surface area contributed by atoms with E-state index in [0.29, 0.717) is 106 Å². The van der Waals surface area contributed by atoms with Gasteiger partial charge < -0.3 is 47.5 Å². The SMILES string of the molecule is CC(C)(C)OC(=O)CCOCCOCCOCCN(CCOCCOCCOCCOCCN=[N+]=[N-])C(=O)OC(C)(C)C. The van der Waals surface area contributed by atoms with Crippen LogP contribution in [0.3, 0.4) is 0 Å². The summed E-state index contributed by atoms with van der Waals surface area (Å²) < 4.78 is 48.9. The van der Waals surface area contributed by atoms with E-state index < -0.39 is 17.3 Å². The fraction of sp³-hybridized carbons (Fsp3) is 0.929. The first-order valence-electron chi connectivity index (χ1n) is 14.7. The van der Waals surface area contributed by atoms with Crippen molar-refractivity contribution in [1.29, 1.82) is 0 Å². The van der Waals surface area contributed by atoms with Crippen LogP contribution in [0.15, 0.2) is 5.11 Å². The minimum Gasteiger partial charge on any atom is -0.460 e. The number of amides is 1. The van der Waals surface area contributed by atoms with E-state index in [0.717, 1.165) is 0 Å². The normalized spacial score (nSPS) is 11.7. The third-order valence-corrected chi connectivity index (χ3v) is 4.79. The summed E-state index contributed by atoms with van der Waals surface area (Å²) in [5.74, 6) is -0.291. The van der Waals surface area contributed by atoms with Crippen molar-refractivity contribution in [1.82, 2.24) is 4.90 Å². The zero-order valence-corrected chi connectivity index (χ0v) is 27.0. The zero-order valence-electron chi connectivity index (χ0n) is 27.0. The van der Waals surface area contributed by atoms with Gasteiger partial charge in [-0.2, -0.15) is 0 Å². The van der Waals surface area contributed by atoms with Crippen molar-refractivity contribution in [2.75, 3.05) is 112 Å². The first-order valence-corrected chi connectivity index (χ1v) is 14.7. The Bertz CT molecular complexity index is 754. The Balaban J connectivity index is 3.90. The van der Waals surface area contributed by atoms with Crippen molar-refractivity contribution in [3.63, 3.8) is 0 Å². The van der Waals surface area contributed by atoms with Crippen LogP contribution in [-0.2, 0) is 47.4 Å². The highest BCUT2D eigenvalue weighted by Gasteiger charge is 2.22. The molecule has 0 N–H and O–H groups in total. The Morgan fingerprint density at radius 2 is 0.953 bits per heavy atom. The standard InChI is InChI=1S/C28H54N4O11/c1-27(2,3)42-25(33)7-11-35-15-19-39-21-17-37-13-9-32(26(34)43-28(4,5)6)10-14-38-18-22-41-24-23-40-20-16-36-12-8-30-31-29/h7-24H2,1-6H3. The first-order chi connectivity index (χ1) is 20.4. The van der Waals surface area contributed by atoms with E-state index in [9.17, 15) is 9.59 Å². The third-order valence-electron chi connectivity index (χ3n) is 4.79. The molecule has 0 rings (SSSR count). The van der Waals surface area contributed by atoms with E-state index in [1.165, 1.54) is 0 Å². The summed E-state index contributed by atoms with van der Waals surface area (Å²) in [7, 11) is 0. The molecule has 0 heterocycles. The molecule has 0 bridgehead atoms. The molecule has 0 unspecified atom stereocenters. The average Bonchev–Trinajstić information content (AvgIpc) is 2.90. The lowest BCUT2D eigenvalue weighted by Gasteiger charge is -2.27. The van der Waals surface area contributed by atoms with E-state index in [-0.39, 0.29) is 19.0 Å². The number of azide groups is 1. The van der Waals surface area contributed by atoms with Gasteiger partial charge in [0.1, 0.15) is 11.2 Å². The predicted molar refractivity (Wildman–Crippen MR) is 158 cm³/mol. The monoisotopic (exact) mass is 622 g/mol. The van der Waals surface area contributed by atoms with Crippen molar-refractivity contribution >= 4 is 12.1 Å². The number of ether oxygens (including phenoxy) is 9. The minimum absolute atomic E-state index is 0.198. The van der Waals surface area contributed by atoms with Crippen LogP contribution in [0.5, 0.6) is 0 Å². The molecular formula is C28H54N4O11. The van der Waals surface area contributed by atoms with Crippen LogP contribution in [0.2, 0.25) is 0 Å². The molecule has 0 aromatic rings. The van der Waals surface area contributed by atoms with Gasteiger partial charge in [0.2, 0.25) is 0 Å². The molecule has 0 saturated carbocycles. The Morgan fingerprint density at radius 1 is 0.581 bits per heavy atom. The maximum Gasteiger partial charge on any atom is 0.410 e. The van der Waals surface area contributed by atoms with Crippen molar-refractivity contribution in [3.05, 3.63) is 10.4 Å². The summed E-state index contributed by atoms with van der Waals surface area (Å²) >= 11 is 0. The fourth-order valence-electron chi connectivity index (χ4n) is 2.97. The molecule has 0 radical (unpaired) electrons. The quantitative estimate of drug-likeness (QED) is 0.0433. The van der Waals surface area contributed by atoms with Crippen molar-refractivity contribution in [3.8, 4) is 0 Å². The van der Waals surface area contributed by atoms with Crippen molar-refractivity contribution in [2.45, 2.75) is 59.2 Å². The van der Waals surface area contributed by atoms with Crippen LogP contribution in [-0.4, -0.2) is 140 Å². The van der Waals surface area contributed by atoms with Gasteiger partial charge in [0.25, 0.3) is 0 Å². The molecule has 0 spiro atoms. The molecule has 1 amide bonds. The van der Waals surface area contributed by atoms with E-state index in [1.807, 2.05) is 41.5 Å². The van der Waals surface area contributed by atoms with Gasteiger partial charge in [-0.3, -0.25) is 4.79 Å². The van der Waals surface area contributed by atoms with Gasteiger partial charge in [-0.25, -0.2) is 4.79 Å². The number of hydrogen-bond donors (Lipinski definition) is 0.